The van der Waals surface area contributed by atoms with E-state index >= 15 is 0 Å². The van der Waals surface area contributed by atoms with E-state index in [1.54, 1.807) is 36.2 Å². The number of amides is 2. The highest BCUT2D eigenvalue weighted by molar-refractivity contribution is 6.06. The van der Waals surface area contributed by atoms with Crippen molar-refractivity contribution in [3.63, 3.8) is 0 Å². The molecule has 0 spiro atoms. The van der Waals surface area contributed by atoms with Crippen LogP contribution in [0.2, 0.25) is 0 Å². The molecule has 1 saturated heterocycles. The highest BCUT2D eigenvalue weighted by Crippen LogP contribution is 2.28. The molecule has 0 saturated carbocycles. The molecule has 0 aliphatic carbocycles. The van der Waals surface area contributed by atoms with Gasteiger partial charge >= 0.3 is 0 Å². The Kier molecular flexibility index (Phi) is 4.81. The standard InChI is InChI=1S/C24H24N4O3/c1-26-22(29)19-11-5-4-10-18(19)21(25-26)24(31)28-15-17-9-3-2-8-16(17)14-20(28)23(30)27-12-6-7-13-27/h2-5,8-11,20H,6-7,12-15H2,1H3. The van der Waals surface area contributed by atoms with Gasteiger partial charge < -0.3 is 9.80 Å². The molecule has 1 fully saturated rings. The fourth-order valence-corrected chi connectivity index (χ4v) is 4.70. The fourth-order valence-electron chi connectivity index (χ4n) is 4.70. The van der Waals surface area contributed by atoms with E-state index in [2.05, 4.69) is 5.10 Å². The summed E-state index contributed by atoms with van der Waals surface area (Å²) in [5.41, 5.74) is 2.09. The molecule has 2 amide bonds. The molecule has 3 heterocycles. The lowest BCUT2D eigenvalue weighted by atomic mass is 9.92. The van der Waals surface area contributed by atoms with Gasteiger partial charge in [-0.1, -0.05) is 42.5 Å². The lowest BCUT2D eigenvalue weighted by Crippen LogP contribution is -2.53. The third-order valence-corrected chi connectivity index (χ3v) is 6.37. The van der Waals surface area contributed by atoms with Gasteiger partial charge in [0.15, 0.2) is 5.69 Å². The lowest BCUT2D eigenvalue weighted by Gasteiger charge is -2.37. The Labute approximate surface area is 179 Å². The number of likely N-dealkylation sites (tertiary alicyclic amines) is 1. The second-order valence-corrected chi connectivity index (χ2v) is 8.28. The highest BCUT2D eigenvalue weighted by Gasteiger charge is 2.38. The Bertz CT molecular complexity index is 1240. The molecule has 1 atom stereocenters. The van der Waals surface area contributed by atoms with Gasteiger partial charge in [0.05, 0.1) is 5.39 Å². The van der Waals surface area contributed by atoms with Crippen molar-refractivity contribution in [2.45, 2.75) is 31.8 Å². The van der Waals surface area contributed by atoms with Crippen molar-refractivity contribution in [3.8, 4) is 0 Å². The maximum atomic E-state index is 13.8. The van der Waals surface area contributed by atoms with Gasteiger partial charge in [-0.25, -0.2) is 4.68 Å². The molecule has 1 aromatic heterocycles. The van der Waals surface area contributed by atoms with Gasteiger partial charge in [-0.05, 0) is 30.0 Å². The van der Waals surface area contributed by atoms with Gasteiger partial charge in [-0.2, -0.15) is 5.10 Å². The smallest absolute Gasteiger partial charge is 0.275 e. The van der Waals surface area contributed by atoms with Crippen molar-refractivity contribution in [1.82, 2.24) is 19.6 Å². The predicted octanol–water partition coefficient (Wildman–Crippen LogP) is 2.12. The number of fused-ring (bicyclic) bond motifs is 2. The average molecular weight is 416 g/mol. The van der Waals surface area contributed by atoms with E-state index in [9.17, 15) is 14.4 Å². The Balaban J connectivity index is 1.60. The van der Waals surface area contributed by atoms with Crippen molar-refractivity contribution >= 4 is 22.6 Å². The molecule has 2 aliphatic rings. The van der Waals surface area contributed by atoms with Crippen LogP contribution in [0.4, 0.5) is 0 Å². The molecule has 0 N–H and O–H groups in total. The summed E-state index contributed by atoms with van der Waals surface area (Å²) in [7, 11) is 1.55. The molecule has 3 aromatic rings. The summed E-state index contributed by atoms with van der Waals surface area (Å²) in [5, 5.41) is 5.27. The number of aryl methyl sites for hydroxylation is 1. The van der Waals surface area contributed by atoms with E-state index in [4.69, 9.17) is 0 Å². The minimum atomic E-state index is -0.571. The summed E-state index contributed by atoms with van der Waals surface area (Å²) >= 11 is 0. The Morgan fingerprint density at radius 2 is 1.58 bits per heavy atom. The number of carbonyl (C=O) groups excluding carboxylic acids is 2. The van der Waals surface area contributed by atoms with Crippen LogP contribution in [0.1, 0.15) is 34.5 Å². The first kappa shape index (κ1) is 19.5. The molecule has 7 nitrogen and oxygen atoms in total. The Hall–Kier alpha value is -3.48. The van der Waals surface area contributed by atoms with Crippen molar-refractivity contribution in [3.05, 3.63) is 75.7 Å². The SMILES string of the molecule is Cn1nc(C(=O)N2Cc3ccccc3CC2C(=O)N2CCCC2)c2ccccc2c1=O. The summed E-state index contributed by atoms with van der Waals surface area (Å²) in [4.78, 5) is 43.2. The first-order valence-corrected chi connectivity index (χ1v) is 10.7. The number of carbonyl (C=O) groups is 2. The number of hydrogen-bond acceptors (Lipinski definition) is 4. The predicted molar refractivity (Wildman–Crippen MR) is 117 cm³/mol. The van der Waals surface area contributed by atoms with E-state index in [1.165, 1.54) is 4.68 Å². The number of hydrogen-bond donors (Lipinski definition) is 0. The zero-order valence-corrected chi connectivity index (χ0v) is 17.5. The second-order valence-electron chi connectivity index (χ2n) is 8.28. The highest BCUT2D eigenvalue weighted by atomic mass is 16.2. The fraction of sp³-hybridized carbons (Fsp3) is 0.333. The minimum absolute atomic E-state index is 0.00511. The average Bonchev–Trinajstić information content (AvgIpc) is 3.35. The molecular formula is C24H24N4O3. The third-order valence-electron chi connectivity index (χ3n) is 6.37. The summed E-state index contributed by atoms with van der Waals surface area (Å²) < 4.78 is 1.20. The monoisotopic (exact) mass is 416 g/mol. The normalized spacial score (nSPS) is 18.3. The zero-order valence-electron chi connectivity index (χ0n) is 17.5. The Morgan fingerprint density at radius 1 is 0.935 bits per heavy atom. The first-order valence-electron chi connectivity index (χ1n) is 10.7. The van der Waals surface area contributed by atoms with E-state index < -0.39 is 6.04 Å². The van der Waals surface area contributed by atoms with Crippen LogP contribution < -0.4 is 5.56 Å². The molecule has 2 aliphatic heterocycles. The molecule has 0 radical (unpaired) electrons. The number of aromatic nitrogens is 2. The van der Waals surface area contributed by atoms with E-state index in [0.29, 0.717) is 23.7 Å². The van der Waals surface area contributed by atoms with E-state index in [-0.39, 0.29) is 23.1 Å². The summed E-state index contributed by atoms with van der Waals surface area (Å²) in [5.74, 6) is -0.326. The lowest BCUT2D eigenvalue weighted by molar-refractivity contribution is -0.135. The largest absolute Gasteiger partial charge is 0.341 e. The zero-order chi connectivity index (χ0) is 21.5. The van der Waals surface area contributed by atoms with Gasteiger partial charge in [-0.15, -0.1) is 0 Å². The van der Waals surface area contributed by atoms with Gasteiger partial charge in [0.1, 0.15) is 6.04 Å². The third kappa shape index (κ3) is 3.30. The van der Waals surface area contributed by atoms with Gasteiger partial charge in [0, 0.05) is 38.5 Å². The van der Waals surface area contributed by atoms with Crippen LogP contribution in [0.25, 0.3) is 10.8 Å². The van der Waals surface area contributed by atoms with Crippen LogP contribution in [-0.4, -0.2) is 50.5 Å². The quantitative estimate of drug-likeness (QED) is 0.641. The molecular weight excluding hydrogens is 392 g/mol. The number of rotatable bonds is 2. The van der Waals surface area contributed by atoms with Crippen LogP contribution in [-0.2, 0) is 24.8 Å². The molecule has 2 aromatic carbocycles. The van der Waals surface area contributed by atoms with Gasteiger partial charge in [-0.3, -0.25) is 14.4 Å². The first-order chi connectivity index (χ1) is 15.0. The van der Waals surface area contributed by atoms with E-state index in [0.717, 1.165) is 37.1 Å². The molecule has 158 valence electrons. The van der Waals surface area contributed by atoms with Crippen molar-refractivity contribution < 1.29 is 9.59 Å². The van der Waals surface area contributed by atoms with Crippen molar-refractivity contribution in [2.24, 2.45) is 7.05 Å². The summed E-state index contributed by atoms with van der Waals surface area (Å²) in [6.07, 6.45) is 2.48. The topological polar surface area (TPSA) is 75.5 Å². The Morgan fingerprint density at radius 3 is 2.32 bits per heavy atom. The van der Waals surface area contributed by atoms with Crippen LogP contribution in [0.5, 0.6) is 0 Å². The maximum absolute atomic E-state index is 13.8. The van der Waals surface area contributed by atoms with Gasteiger partial charge in [0.2, 0.25) is 5.91 Å². The number of nitrogens with zero attached hydrogens (tertiary/aromatic N) is 4. The second kappa shape index (κ2) is 7.65. The van der Waals surface area contributed by atoms with Crippen LogP contribution in [0.3, 0.4) is 0 Å². The summed E-state index contributed by atoms with van der Waals surface area (Å²) in [6, 6.07) is 14.4. The molecule has 5 rings (SSSR count). The molecule has 1 unspecified atom stereocenters. The van der Waals surface area contributed by atoms with Crippen LogP contribution in [0.15, 0.2) is 53.3 Å². The molecule has 7 heteroatoms. The van der Waals surface area contributed by atoms with Crippen molar-refractivity contribution in [1.29, 1.82) is 0 Å². The minimum Gasteiger partial charge on any atom is -0.341 e. The van der Waals surface area contributed by atoms with Gasteiger partial charge in [0.25, 0.3) is 11.5 Å². The molecule has 0 bridgehead atoms. The van der Waals surface area contributed by atoms with Crippen LogP contribution >= 0.6 is 0 Å². The van der Waals surface area contributed by atoms with E-state index in [1.807, 2.05) is 29.2 Å². The number of benzene rings is 2. The molecule has 31 heavy (non-hydrogen) atoms. The van der Waals surface area contributed by atoms with Crippen LogP contribution in [0, 0.1) is 0 Å². The van der Waals surface area contributed by atoms with Crippen molar-refractivity contribution in [2.75, 3.05) is 13.1 Å². The summed E-state index contributed by atoms with van der Waals surface area (Å²) in [6.45, 7) is 1.82. The maximum Gasteiger partial charge on any atom is 0.275 e.